The maximum atomic E-state index is 12.5. The van der Waals surface area contributed by atoms with Crippen LogP contribution in [0.15, 0.2) is 17.8 Å². The fourth-order valence-corrected chi connectivity index (χ4v) is 3.33. The number of ketones is 1. The number of hydrogen-bond donors (Lipinski definition) is 1. The lowest BCUT2D eigenvalue weighted by Gasteiger charge is -2.34. The number of piperidine rings is 1. The van der Waals surface area contributed by atoms with E-state index in [-0.39, 0.29) is 5.78 Å². The average Bonchev–Trinajstić information content (AvgIpc) is 3.00. The van der Waals surface area contributed by atoms with Gasteiger partial charge in [0.25, 0.3) is 0 Å². The Balaban J connectivity index is 1.77. The van der Waals surface area contributed by atoms with Crippen LogP contribution in [-0.4, -0.2) is 41.0 Å². The zero-order valence-corrected chi connectivity index (χ0v) is 11.7. The largest absolute Gasteiger partial charge is 0.370 e. The van der Waals surface area contributed by atoms with Crippen molar-refractivity contribution < 1.29 is 9.53 Å². The van der Waals surface area contributed by atoms with Gasteiger partial charge in [0.15, 0.2) is 10.7 Å². The van der Waals surface area contributed by atoms with Gasteiger partial charge in [-0.05, 0) is 25.9 Å². The minimum Gasteiger partial charge on any atom is -0.370 e. The molecule has 19 heavy (non-hydrogen) atoms. The van der Waals surface area contributed by atoms with Crippen molar-refractivity contribution in [3.63, 3.8) is 0 Å². The van der Waals surface area contributed by atoms with E-state index in [0.717, 1.165) is 36.6 Å². The summed E-state index contributed by atoms with van der Waals surface area (Å²) in [6.07, 6.45) is 5.71. The highest BCUT2D eigenvalue weighted by Crippen LogP contribution is 2.25. The molecule has 0 radical (unpaired) electrons. The SMILES string of the molecule is COC1(C(=O)Cc2cn3ccsc3n2)CCNCC1. The summed E-state index contributed by atoms with van der Waals surface area (Å²) in [7, 11) is 1.63. The van der Waals surface area contributed by atoms with Crippen LogP contribution in [0, 0.1) is 0 Å². The second-order valence-electron chi connectivity index (χ2n) is 4.87. The Labute approximate surface area is 115 Å². The van der Waals surface area contributed by atoms with Gasteiger partial charge in [0.05, 0.1) is 12.1 Å². The minimum absolute atomic E-state index is 0.141. The van der Waals surface area contributed by atoms with Crippen molar-refractivity contribution in [1.29, 1.82) is 0 Å². The second-order valence-corrected chi connectivity index (χ2v) is 5.75. The molecular formula is C13H17N3O2S. The molecule has 6 heteroatoms. The number of methoxy groups -OCH3 is 1. The summed E-state index contributed by atoms with van der Waals surface area (Å²) in [5.41, 5.74) is 0.203. The van der Waals surface area contributed by atoms with E-state index in [9.17, 15) is 4.79 Å². The van der Waals surface area contributed by atoms with Crippen molar-refractivity contribution in [2.24, 2.45) is 0 Å². The fraction of sp³-hybridized carbons (Fsp3) is 0.538. The number of imidazole rings is 1. The number of thiazole rings is 1. The first-order valence-corrected chi connectivity index (χ1v) is 7.32. The van der Waals surface area contributed by atoms with Gasteiger partial charge < -0.3 is 10.1 Å². The van der Waals surface area contributed by atoms with E-state index < -0.39 is 5.60 Å². The molecule has 0 atom stereocenters. The summed E-state index contributed by atoms with van der Waals surface area (Å²) in [6, 6.07) is 0. The number of carbonyl (C=O) groups is 1. The summed E-state index contributed by atoms with van der Waals surface area (Å²) in [5, 5.41) is 5.24. The lowest BCUT2D eigenvalue weighted by Crippen LogP contribution is -2.49. The van der Waals surface area contributed by atoms with Gasteiger partial charge in [0.2, 0.25) is 0 Å². The average molecular weight is 279 g/mol. The first kappa shape index (κ1) is 12.8. The van der Waals surface area contributed by atoms with Crippen LogP contribution in [0.3, 0.4) is 0 Å². The highest BCUT2D eigenvalue weighted by Gasteiger charge is 2.39. The first-order valence-electron chi connectivity index (χ1n) is 6.44. The number of aromatic nitrogens is 2. The molecule has 0 saturated carbocycles. The molecule has 0 aliphatic carbocycles. The third-order valence-corrected chi connectivity index (χ3v) is 4.57. The predicted molar refractivity (Wildman–Crippen MR) is 73.6 cm³/mol. The van der Waals surface area contributed by atoms with Gasteiger partial charge in [-0.25, -0.2) is 4.98 Å². The highest BCUT2D eigenvalue weighted by molar-refractivity contribution is 7.15. The van der Waals surface area contributed by atoms with E-state index >= 15 is 0 Å². The molecule has 0 amide bonds. The maximum Gasteiger partial charge on any atom is 0.193 e. The zero-order chi connectivity index (χ0) is 13.3. The Hall–Kier alpha value is -1.24. The first-order chi connectivity index (χ1) is 9.23. The minimum atomic E-state index is -0.623. The topological polar surface area (TPSA) is 55.6 Å². The lowest BCUT2D eigenvalue weighted by atomic mass is 9.86. The molecule has 0 spiro atoms. The predicted octanol–water partition coefficient (Wildman–Crippen LogP) is 1.28. The molecule has 2 aromatic rings. The van der Waals surface area contributed by atoms with Crippen molar-refractivity contribution in [1.82, 2.24) is 14.7 Å². The van der Waals surface area contributed by atoms with E-state index in [1.807, 2.05) is 22.2 Å². The number of nitrogens with zero attached hydrogens (tertiary/aromatic N) is 2. The molecule has 3 heterocycles. The smallest absolute Gasteiger partial charge is 0.193 e. The summed E-state index contributed by atoms with van der Waals surface area (Å²) in [5.74, 6) is 0.141. The van der Waals surface area contributed by atoms with Crippen LogP contribution in [0.2, 0.25) is 0 Å². The van der Waals surface area contributed by atoms with Crippen molar-refractivity contribution >= 4 is 22.1 Å². The third-order valence-electron chi connectivity index (χ3n) is 3.79. The van der Waals surface area contributed by atoms with Crippen LogP contribution in [-0.2, 0) is 16.0 Å². The normalized spacial score (nSPS) is 18.8. The van der Waals surface area contributed by atoms with Crippen LogP contribution in [0.4, 0.5) is 0 Å². The number of fused-ring (bicyclic) bond motifs is 1. The molecule has 1 fully saturated rings. The number of ether oxygens (including phenoxy) is 1. The molecule has 102 valence electrons. The number of Topliss-reactive ketones (excluding diaryl/α,β-unsaturated/α-hetero) is 1. The summed E-state index contributed by atoms with van der Waals surface area (Å²) in [6.45, 7) is 1.66. The Kier molecular flexibility index (Phi) is 3.38. The summed E-state index contributed by atoms with van der Waals surface area (Å²) >= 11 is 1.57. The molecule has 3 rings (SSSR count). The van der Waals surface area contributed by atoms with Gasteiger partial charge in [0.1, 0.15) is 5.60 Å². The molecule has 1 aliphatic rings. The van der Waals surface area contributed by atoms with Crippen LogP contribution in [0.25, 0.3) is 4.96 Å². The molecule has 0 aromatic carbocycles. The van der Waals surface area contributed by atoms with E-state index in [1.165, 1.54) is 0 Å². The van der Waals surface area contributed by atoms with Gasteiger partial charge in [-0.2, -0.15) is 0 Å². The Morgan fingerprint density at radius 3 is 3.05 bits per heavy atom. The Morgan fingerprint density at radius 1 is 1.58 bits per heavy atom. The van der Waals surface area contributed by atoms with E-state index in [4.69, 9.17) is 4.74 Å². The molecule has 1 N–H and O–H groups in total. The van der Waals surface area contributed by atoms with Crippen molar-refractivity contribution in [3.05, 3.63) is 23.5 Å². The number of hydrogen-bond acceptors (Lipinski definition) is 5. The van der Waals surface area contributed by atoms with Crippen molar-refractivity contribution in [3.8, 4) is 0 Å². The third kappa shape index (κ3) is 2.31. The molecular weight excluding hydrogens is 262 g/mol. The van der Waals surface area contributed by atoms with Crippen molar-refractivity contribution in [2.45, 2.75) is 24.9 Å². The van der Waals surface area contributed by atoms with Gasteiger partial charge in [-0.15, -0.1) is 11.3 Å². The van der Waals surface area contributed by atoms with E-state index in [2.05, 4.69) is 10.3 Å². The van der Waals surface area contributed by atoms with Gasteiger partial charge in [-0.1, -0.05) is 0 Å². The van der Waals surface area contributed by atoms with Crippen LogP contribution in [0.5, 0.6) is 0 Å². The van der Waals surface area contributed by atoms with E-state index in [0.29, 0.717) is 6.42 Å². The van der Waals surface area contributed by atoms with E-state index in [1.54, 1.807) is 18.4 Å². The van der Waals surface area contributed by atoms with Crippen LogP contribution in [0.1, 0.15) is 18.5 Å². The summed E-state index contributed by atoms with van der Waals surface area (Å²) < 4.78 is 7.50. The lowest BCUT2D eigenvalue weighted by molar-refractivity contribution is -0.143. The highest BCUT2D eigenvalue weighted by atomic mass is 32.1. The molecule has 2 aromatic heterocycles. The molecule has 0 bridgehead atoms. The monoisotopic (exact) mass is 279 g/mol. The number of rotatable bonds is 4. The quantitative estimate of drug-likeness (QED) is 0.916. The molecule has 0 unspecified atom stereocenters. The Bertz CT molecular complexity index is 555. The van der Waals surface area contributed by atoms with Crippen molar-refractivity contribution in [2.75, 3.05) is 20.2 Å². The van der Waals surface area contributed by atoms with Gasteiger partial charge >= 0.3 is 0 Å². The van der Waals surface area contributed by atoms with Gasteiger partial charge in [0, 0.05) is 24.9 Å². The standard InChI is InChI=1S/C13H17N3O2S/c1-18-13(2-4-14-5-3-13)11(17)8-10-9-16-6-7-19-12(16)15-10/h6-7,9,14H,2-5,8H2,1H3. The van der Waals surface area contributed by atoms with Gasteiger partial charge in [-0.3, -0.25) is 9.20 Å². The second kappa shape index (κ2) is 5.03. The number of nitrogens with one attached hydrogen (secondary N) is 1. The number of carbonyl (C=O) groups excluding carboxylic acids is 1. The maximum absolute atomic E-state index is 12.5. The molecule has 1 saturated heterocycles. The molecule has 5 nitrogen and oxygen atoms in total. The zero-order valence-electron chi connectivity index (χ0n) is 10.9. The Morgan fingerprint density at radius 2 is 2.37 bits per heavy atom. The fourth-order valence-electron chi connectivity index (χ4n) is 2.61. The van der Waals surface area contributed by atoms with Crippen LogP contribution >= 0.6 is 11.3 Å². The van der Waals surface area contributed by atoms with Crippen LogP contribution < -0.4 is 5.32 Å². The molecule has 1 aliphatic heterocycles. The summed E-state index contributed by atoms with van der Waals surface area (Å²) in [4.78, 5) is 17.9.